The van der Waals surface area contributed by atoms with Crippen LogP contribution >= 0.6 is 11.6 Å². The van der Waals surface area contributed by atoms with Crippen LogP contribution in [0, 0.1) is 20.8 Å². The molecule has 0 aliphatic rings. The van der Waals surface area contributed by atoms with Crippen LogP contribution in [-0.4, -0.2) is 25.5 Å². The van der Waals surface area contributed by atoms with Crippen molar-refractivity contribution in [2.24, 2.45) is 0 Å². The number of rotatable bonds is 5. The quantitative estimate of drug-likeness (QED) is 0.761. The van der Waals surface area contributed by atoms with E-state index in [1.165, 1.54) is 4.68 Å². The number of hydrogen-bond acceptors (Lipinski definition) is 3. The highest BCUT2D eigenvalue weighted by molar-refractivity contribution is 6.31. The first-order valence-corrected chi connectivity index (χ1v) is 8.38. The molecule has 25 heavy (non-hydrogen) atoms. The Hall–Kier alpha value is -2.60. The summed E-state index contributed by atoms with van der Waals surface area (Å²) in [6.07, 6.45) is 1.65. The fourth-order valence-corrected chi connectivity index (χ4v) is 2.83. The summed E-state index contributed by atoms with van der Waals surface area (Å²) in [5, 5.41) is 12.1. The van der Waals surface area contributed by atoms with Crippen LogP contribution in [0.2, 0.25) is 5.02 Å². The summed E-state index contributed by atoms with van der Waals surface area (Å²) in [6.45, 7) is 6.60. The molecule has 7 heteroatoms. The van der Waals surface area contributed by atoms with Crippen LogP contribution < -0.4 is 5.32 Å². The van der Waals surface area contributed by atoms with Gasteiger partial charge in [-0.15, -0.1) is 0 Å². The number of halogens is 1. The lowest BCUT2D eigenvalue weighted by Crippen LogP contribution is -2.19. The summed E-state index contributed by atoms with van der Waals surface area (Å²) in [5.74, 6) is -0.151. The van der Waals surface area contributed by atoms with E-state index >= 15 is 0 Å². The number of carbonyl (C=O) groups excluding carboxylic acids is 1. The molecule has 1 N–H and O–H groups in total. The molecule has 6 nitrogen and oxygen atoms in total. The van der Waals surface area contributed by atoms with Gasteiger partial charge < -0.3 is 5.32 Å². The first-order valence-electron chi connectivity index (χ1n) is 8.00. The second-order valence-corrected chi connectivity index (χ2v) is 6.50. The van der Waals surface area contributed by atoms with Crippen molar-refractivity contribution in [2.75, 3.05) is 5.32 Å². The molecule has 3 aromatic rings. The molecule has 0 radical (unpaired) electrons. The molecule has 0 fully saturated rings. The number of carbonyl (C=O) groups is 1. The highest BCUT2D eigenvalue weighted by Crippen LogP contribution is 2.15. The average molecular weight is 358 g/mol. The van der Waals surface area contributed by atoms with E-state index < -0.39 is 0 Å². The maximum Gasteiger partial charge on any atom is 0.246 e. The Morgan fingerprint density at radius 2 is 2.00 bits per heavy atom. The summed E-state index contributed by atoms with van der Waals surface area (Å²) in [4.78, 5) is 12.2. The molecule has 3 rings (SSSR count). The Kier molecular flexibility index (Phi) is 4.90. The van der Waals surface area contributed by atoms with Crippen LogP contribution in [0.3, 0.4) is 0 Å². The van der Waals surface area contributed by atoms with E-state index in [9.17, 15) is 4.79 Å². The van der Waals surface area contributed by atoms with Crippen molar-refractivity contribution >= 4 is 23.2 Å². The summed E-state index contributed by atoms with van der Waals surface area (Å²) < 4.78 is 3.48. The normalized spacial score (nSPS) is 10.9. The van der Waals surface area contributed by atoms with Crippen LogP contribution in [0.25, 0.3) is 0 Å². The summed E-state index contributed by atoms with van der Waals surface area (Å²) in [5.41, 5.74) is 4.63. The zero-order chi connectivity index (χ0) is 18.0. The molecule has 0 aliphatic carbocycles. The number of benzene rings is 1. The van der Waals surface area contributed by atoms with Crippen molar-refractivity contribution in [3.63, 3.8) is 0 Å². The topological polar surface area (TPSA) is 64.7 Å². The highest BCUT2D eigenvalue weighted by atomic mass is 35.5. The van der Waals surface area contributed by atoms with Gasteiger partial charge in [0.1, 0.15) is 6.54 Å². The van der Waals surface area contributed by atoms with E-state index in [4.69, 9.17) is 11.6 Å². The maximum absolute atomic E-state index is 12.2. The van der Waals surface area contributed by atoms with Crippen LogP contribution in [0.5, 0.6) is 0 Å². The predicted molar refractivity (Wildman–Crippen MR) is 97.8 cm³/mol. The Morgan fingerprint density at radius 3 is 2.64 bits per heavy atom. The van der Waals surface area contributed by atoms with Gasteiger partial charge in [0.25, 0.3) is 0 Å². The van der Waals surface area contributed by atoms with E-state index in [0.29, 0.717) is 17.3 Å². The number of aromatic nitrogens is 4. The van der Waals surface area contributed by atoms with Gasteiger partial charge in [-0.3, -0.25) is 14.2 Å². The summed E-state index contributed by atoms with van der Waals surface area (Å²) in [6, 6.07) is 9.80. The lowest BCUT2D eigenvalue weighted by Gasteiger charge is -2.09. The Labute approximate surface area is 151 Å². The van der Waals surface area contributed by atoms with E-state index in [-0.39, 0.29) is 12.5 Å². The molecule has 0 bridgehead atoms. The van der Waals surface area contributed by atoms with Crippen molar-refractivity contribution in [2.45, 2.75) is 33.9 Å². The molecular formula is C18H20ClN5O. The lowest BCUT2D eigenvalue weighted by molar-refractivity contribution is -0.116. The second kappa shape index (κ2) is 7.11. The largest absolute Gasteiger partial charge is 0.324 e. The molecule has 130 valence electrons. The SMILES string of the molecule is Cc1cc(C)n(Cc2cccc(NC(=O)Cn3cc(Cl)c(C)n3)c2)n1. The summed E-state index contributed by atoms with van der Waals surface area (Å²) >= 11 is 5.96. The molecule has 0 aliphatic heterocycles. The molecule has 0 saturated heterocycles. The summed E-state index contributed by atoms with van der Waals surface area (Å²) in [7, 11) is 0. The van der Waals surface area contributed by atoms with E-state index in [1.54, 1.807) is 13.1 Å². The van der Waals surface area contributed by atoms with Gasteiger partial charge in [0.05, 0.1) is 23.0 Å². The van der Waals surface area contributed by atoms with Crippen molar-refractivity contribution in [3.05, 3.63) is 64.2 Å². The van der Waals surface area contributed by atoms with Crippen LogP contribution in [-0.2, 0) is 17.9 Å². The zero-order valence-corrected chi connectivity index (χ0v) is 15.2. The average Bonchev–Trinajstić information content (AvgIpc) is 3.00. The third-order valence-corrected chi connectivity index (χ3v) is 4.21. The molecule has 1 aromatic carbocycles. The van der Waals surface area contributed by atoms with Crippen molar-refractivity contribution < 1.29 is 4.79 Å². The van der Waals surface area contributed by atoms with Gasteiger partial charge in [0.15, 0.2) is 0 Å². The number of hydrogen-bond donors (Lipinski definition) is 1. The molecule has 0 atom stereocenters. The number of nitrogens with zero attached hydrogens (tertiary/aromatic N) is 4. The van der Waals surface area contributed by atoms with Gasteiger partial charge in [-0.25, -0.2) is 0 Å². The molecule has 0 spiro atoms. The molecular weight excluding hydrogens is 338 g/mol. The van der Waals surface area contributed by atoms with Crippen LogP contribution in [0.1, 0.15) is 22.6 Å². The number of nitrogens with one attached hydrogen (secondary N) is 1. The number of amides is 1. The smallest absolute Gasteiger partial charge is 0.246 e. The Balaban J connectivity index is 1.66. The lowest BCUT2D eigenvalue weighted by atomic mass is 10.2. The molecule has 2 aromatic heterocycles. The fraction of sp³-hybridized carbons (Fsp3) is 0.278. The monoisotopic (exact) mass is 357 g/mol. The van der Waals surface area contributed by atoms with Crippen molar-refractivity contribution in [1.82, 2.24) is 19.6 Å². The zero-order valence-electron chi connectivity index (χ0n) is 14.5. The minimum absolute atomic E-state index is 0.120. The van der Waals surface area contributed by atoms with Crippen molar-refractivity contribution in [3.8, 4) is 0 Å². The first-order chi connectivity index (χ1) is 11.9. The first kappa shape index (κ1) is 17.2. The predicted octanol–water partition coefficient (Wildman–Crippen LogP) is 3.35. The van der Waals surface area contributed by atoms with Gasteiger partial charge in [-0.05, 0) is 44.5 Å². The van der Waals surface area contributed by atoms with E-state index in [2.05, 4.69) is 15.5 Å². The molecule has 0 unspecified atom stereocenters. The third kappa shape index (κ3) is 4.28. The van der Waals surface area contributed by atoms with E-state index in [0.717, 1.165) is 22.6 Å². The van der Waals surface area contributed by atoms with Crippen LogP contribution in [0.4, 0.5) is 5.69 Å². The van der Waals surface area contributed by atoms with E-state index in [1.807, 2.05) is 48.9 Å². The molecule has 0 saturated carbocycles. The minimum Gasteiger partial charge on any atom is -0.324 e. The van der Waals surface area contributed by atoms with Gasteiger partial charge in [0.2, 0.25) is 5.91 Å². The van der Waals surface area contributed by atoms with Gasteiger partial charge in [0, 0.05) is 17.6 Å². The van der Waals surface area contributed by atoms with Gasteiger partial charge >= 0.3 is 0 Å². The van der Waals surface area contributed by atoms with Crippen molar-refractivity contribution in [1.29, 1.82) is 0 Å². The number of anilines is 1. The van der Waals surface area contributed by atoms with Gasteiger partial charge in [-0.1, -0.05) is 23.7 Å². The third-order valence-electron chi connectivity index (χ3n) is 3.84. The number of aryl methyl sites for hydroxylation is 3. The van der Waals surface area contributed by atoms with Crippen LogP contribution in [0.15, 0.2) is 36.5 Å². The molecule has 1 amide bonds. The minimum atomic E-state index is -0.151. The highest BCUT2D eigenvalue weighted by Gasteiger charge is 2.08. The Bertz CT molecular complexity index is 893. The Morgan fingerprint density at radius 1 is 1.20 bits per heavy atom. The fourth-order valence-electron chi connectivity index (χ4n) is 2.68. The standard InChI is InChI=1S/C18H20ClN5O/c1-12-7-13(2)24(21-12)9-15-5-4-6-16(8-15)20-18(25)11-23-10-17(19)14(3)22-23/h4-8,10H,9,11H2,1-3H3,(H,20,25). The maximum atomic E-state index is 12.2. The second-order valence-electron chi connectivity index (χ2n) is 6.09. The van der Waals surface area contributed by atoms with Gasteiger partial charge in [-0.2, -0.15) is 10.2 Å². The molecule has 2 heterocycles.